The average Bonchev–Trinajstić information content (AvgIpc) is 3.42. The van der Waals surface area contributed by atoms with Crippen LogP contribution in [0, 0.1) is 0 Å². The average molecular weight is 537 g/mol. The van der Waals surface area contributed by atoms with Crippen LogP contribution in [0.5, 0.6) is 0 Å². The fourth-order valence-corrected chi connectivity index (χ4v) is 5.85. The number of carbonyl (C=O) groups excluding carboxylic acids is 1. The molecule has 186 valence electrons. The zero-order valence-corrected chi connectivity index (χ0v) is 19.8. The topological polar surface area (TPSA) is 110 Å². The van der Waals surface area contributed by atoms with Gasteiger partial charge in [0.1, 0.15) is 0 Å². The van der Waals surface area contributed by atoms with Crippen LogP contribution < -0.4 is 9.62 Å². The first-order chi connectivity index (χ1) is 17.1. The number of hydrogen-bond donors (Lipinski definition) is 1. The second-order valence-electron chi connectivity index (χ2n) is 7.92. The van der Waals surface area contributed by atoms with Crippen molar-refractivity contribution in [1.82, 2.24) is 19.7 Å². The summed E-state index contributed by atoms with van der Waals surface area (Å²) in [4.78, 5) is 20.9. The van der Waals surface area contributed by atoms with Gasteiger partial charge in [-0.05, 0) is 12.5 Å². The van der Waals surface area contributed by atoms with Crippen LogP contribution in [-0.2, 0) is 16.2 Å². The number of carbonyl (C=O) groups is 1. The Morgan fingerprint density at radius 3 is 2.58 bits per heavy atom. The maximum atomic E-state index is 14.1. The maximum Gasteiger partial charge on any atom is 0.434 e. The Balaban J connectivity index is 1.50. The molecule has 0 atom stereocenters. The number of halogens is 4. The molecule has 0 radical (unpaired) electrons. The van der Waals surface area contributed by atoms with E-state index in [1.807, 2.05) is 0 Å². The number of anilines is 2. The first kappa shape index (κ1) is 24.0. The van der Waals surface area contributed by atoms with Gasteiger partial charge >= 0.3 is 6.18 Å². The van der Waals surface area contributed by atoms with Gasteiger partial charge in [0.25, 0.3) is 5.91 Å². The summed E-state index contributed by atoms with van der Waals surface area (Å²) >= 11 is 6.19. The van der Waals surface area contributed by atoms with Crippen molar-refractivity contribution in [2.45, 2.75) is 12.6 Å². The third-order valence-electron chi connectivity index (χ3n) is 5.57. The number of alkyl halides is 3. The summed E-state index contributed by atoms with van der Waals surface area (Å²) in [6.45, 7) is 0.206. The Morgan fingerprint density at radius 1 is 1.11 bits per heavy atom. The molecule has 1 fully saturated rings. The van der Waals surface area contributed by atoms with E-state index in [9.17, 15) is 26.4 Å². The third-order valence-corrected chi connectivity index (χ3v) is 7.68. The third kappa shape index (κ3) is 4.24. The lowest BCUT2D eigenvalue weighted by Gasteiger charge is -2.17. The molecular weight excluding hydrogens is 521 g/mol. The fourth-order valence-electron chi connectivity index (χ4n) is 4.00. The summed E-state index contributed by atoms with van der Waals surface area (Å²) in [5, 5.41) is 7.17. The van der Waals surface area contributed by atoms with Crippen molar-refractivity contribution >= 4 is 49.8 Å². The lowest BCUT2D eigenvalue weighted by molar-refractivity contribution is -0.143. The predicted octanol–water partition coefficient (Wildman–Crippen LogP) is 4.28. The minimum atomic E-state index is -4.93. The number of aromatic nitrogens is 4. The summed E-state index contributed by atoms with van der Waals surface area (Å²) in [5.41, 5.74) is -1.96. The second-order valence-corrected chi connectivity index (χ2v) is 10.3. The van der Waals surface area contributed by atoms with Crippen molar-refractivity contribution in [1.29, 1.82) is 0 Å². The highest BCUT2D eigenvalue weighted by Crippen LogP contribution is 2.36. The van der Waals surface area contributed by atoms with Gasteiger partial charge < -0.3 is 5.32 Å². The summed E-state index contributed by atoms with van der Waals surface area (Å²) in [7, 11) is -3.54. The molecule has 0 aliphatic carbocycles. The number of rotatable bonds is 4. The van der Waals surface area contributed by atoms with Crippen molar-refractivity contribution < 1.29 is 26.4 Å². The molecule has 0 saturated carbocycles. The van der Waals surface area contributed by atoms with Crippen LogP contribution in [0.2, 0.25) is 5.02 Å². The fraction of sp³-hybridized carbons (Fsp3) is 0.182. The zero-order valence-electron chi connectivity index (χ0n) is 18.2. The molecule has 1 aromatic carbocycles. The van der Waals surface area contributed by atoms with E-state index in [0.29, 0.717) is 21.9 Å². The molecule has 1 amide bonds. The van der Waals surface area contributed by atoms with Gasteiger partial charge in [0, 0.05) is 23.5 Å². The number of amides is 1. The Hall–Kier alpha value is -3.71. The van der Waals surface area contributed by atoms with Crippen LogP contribution in [0.1, 0.15) is 22.5 Å². The van der Waals surface area contributed by atoms with Crippen molar-refractivity contribution in [2.75, 3.05) is 21.9 Å². The number of sulfonamides is 1. The van der Waals surface area contributed by atoms with Crippen LogP contribution in [0.25, 0.3) is 16.5 Å². The van der Waals surface area contributed by atoms with Gasteiger partial charge in [-0.25, -0.2) is 18.1 Å². The lowest BCUT2D eigenvalue weighted by Crippen LogP contribution is -2.26. The Labute approximate surface area is 207 Å². The van der Waals surface area contributed by atoms with Crippen molar-refractivity contribution in [3.63, 3.8) is 0 Å². The van der Waals surface area contributed by atoms with Crippen LogP contribution in [-0.4, -0.2) is 46.4 Å². The first-order valence-corrected chi connectivity index (χ1v) is 12.5. The van der Waals surface area contributed by atoms with E-state index in [-0.39, 0.29) is 34.5 Å². The lowest BCUT2D eigenvalue weighted by atomic mass is 10.1. The van der Waals surface area contributed by atoms with E-state index in [2.05, 4.69) is 20.4 Å². The molecule has 1 aliphatic heterocycles. The normalized spacial score (nSPS) is 15.4. The number of benzene rings is 1. The van der Waals surface area contributed by atoms with Crippen LogP contribution in [0.4, 0.5) is 24.7 Å². The number of fused-ring (bicyclic) bond motifs is 1. The smallest absolute Gasteiger partial charge is 0.320 e. The summed E-state index contributed by atoms with van der Waals surface area (Å²) in [6.07, 6.45) is 0.177. The van der Waals surface area contributed by atoms with Gasteiger partial charge in [-0.3, -0.25) is 14.1 Å². The second kappa shape index (κ2) is 8.75. The molecule has 0 spiro atoms. The Kier molecular flexibility index (Phi) is 5.83. The predicted molar refractivity (Wildman–Crippen MR) is 127 cm³/mol. The zero-order chi connectivity index (χ0) is 25.7. The minimum Gasteiger partial charge on any atom is -0.320 e. The minimum absolute atomic E-state index is 0.0144. The van der Waals surface area contributed by atoms with Gasteiger partial charge in [0.2, 0.25) is 10.0 Å². The molecule has 9 nitrogen and oxygen atoms in total. The quantitative estimate of drug-likeness (QED) is 0.417. The van der Waals surface area contributed by atoms with Gasteiger partial charge in [-0.2, -0.15) is 18.3 Å². The van der Waals surface area contributed by atoms with Crippen molar-refractivity contribution in [3.8, 4) is 5.69 Å². The monoisotopic (exact) mass is 536 g/mol. The SMILES string of the molecule is O=C(Nc1cnc(N2CCCS2(=O)=O)c(Cl)c1)c1cnn(-c2cncc3ccccc23)c1C(F)(F)F. The standard InChI is InChI=1S/C22H16ClF3N6O3S/c23-17-8-14(10-28-20(17)31-6-3-7-36(31,34)35)30-21(33)16-11-29-32(19(16)22(24,25)26)18-12-27-9-13-4-1-2-5-15(13)18/h1-2,4-5,8-12H,3,6-7H2,(H,30,33). The highest BCUT2D eigenvalue weighted by atomic mass is 35.5. The molecule has 3 aromatic heterocycles. The summed E-state index contributed by atoms with van der Waals surface area (Å²) in [5.74, 6) is -1.15. The molecule has 1 aliphatic rings. The van der Waals surface area contributed by atoms with E-state index in [0.717, 1.165) is 16.7 Å². The van der Waals surface area contributed by atoms with Crippen LogP contribution in [0.3, 0.4) is 0 Å². The molecule has 5 rings (SSSR count). The van der Waals surface area contributed by atoms with Crippen LogP contribution in [0.15, 0.2) is 55.1 Å². The van der Waals surface area contributed by atoms with E-state index in [1.165, 1.54) is 18.5 Å². The molecule has 14 heteroatoms. The molecule has 1 saturated heterocycles. The molecule has 0 bridgehead atoms. The Bertz CT molecular complexity index is 1600. The van der Waals surface area contributed by atoms with E-state index >= 15 is 0 Å². The molecule has 4 heterocycles. The van der Waals surface area contributed by atoms with E-state index < -0.39 is 33.4 Å². The van der Waals surface area contributed by atoms with Crippen molar-refractivity contribution in [3.05, 3.63) is 71.4 Å². The Morgan fingerprint density at radius 2 is 1.89 bits per heavy atom. The largest absolute Gasteiger partial charge is 0.434 e. The molecular formula is C22H16ClF3N6O3S. The maximum absolute atomic E-state index is 14.1. The highest BCUT2D eigenvalue weighted by molar-refractivity contribution is 7.93. The number of hydrogen-bond acceptors (Lipinski definition) is 6. The molecule has 0 unspecified atom stereocenters. The number of nitrogens with zero attached hydrogens (tertiary/aromatic N) is 5. The van der Waals surface area contributed by atoms with E-state index in [1.54, 1.807) is 24.3 Å². The van der Waals surface area contributed by atoms with Gasteiger partial charge in [-0.15, -0.1) is 0 Å². The number of nitrogens with one attached hydrogen (secondary N) is 1. The van der Waals surface area contributed by atoms with Crippen LogP contribution >= 0.6 is 11.6 Å². The van der Waals surface area contributed by atoms with Crippen molar-refractivity contribution in [2.24, 2.45) is 0 Å². The first-order valence-electron chi connectivity index (χ1n) is 10.5. The summed E-state index contributed by atoms with van der Waals surface area (Å²) in [6, 6.07) is 7.95. The number of pyridine rings is 2. The highest BCUT2D eigenvalue weighted by Gasteiger charge is 2.41. The van der Waals surface area contributed by atoms with E-state index in [4.69, 9.17) is 11.6 Å². The van der Waals surface area contributed by atoms with Gasteiger partial charge in [-0.1, -0.05) is 35.9 Å². The molecule has 36 heavy (non-hydrogen) atoms. The summed E-state index contributed by atoms with van der Waals surface area (Å²) < 4.78 is 68.4. The van der Waals surface area contributed by atoms with Gasteiger partial charge in [0.15, 0.2) is 11.5 Å². The van der Waals surface area contributed by atoms with Gasteiger partial charge in [0.05, 0.1) is 46.3 Å². The molecule has 4 aromatic rings. The molecule has 1 N–H and O–H groups in total.